The van der Waals surface area contributed by atoms with E-state index in [4.69, 9.17) is 4.74 Å². The van der Waals surface area contributed by atoms with Crippen LogP contribution < -0.4 is 26.0 Å². The van der Waals surface area contributed by atoms with Gasteiger partial charge in [0, 0.05) is 42.3 Å². The van der Waals surface area contributed by atoms with Crippen molar-refractivity contribution in [2.24, 2.45) is 5.92 Å². The quantitative estimate of drug-likeness (QED) is 0.220. The number of ether oxygens (including phenoxy) is 1. The van der Waals surface area contributed by atoms with Crippen molar-refractivity contribution in [3.05, 3.63) is 96.3 Å². The maximum Gasteiger partial charge on any atom is 0.259 e. The minimum absolute atomic E-state index is 0.0404. The van der Waals surface area contributed by atoms with Crippen LogP contribution in [0.4, 0.5) is 31.8 Å². The lowest BCUT2D eigenvalue weighted by Gasteiger charge is -2.13. The predicted molar refractivity (Wildman–Crippen MR) is 147 cm³/mol. The number of rotatable bonds is 9. The summed E-state index contributed by atoms with van der Waals surface area (Å²) in [7, 11) is 0. The van der Waals surface area contributed by atoms with Crippen molar-refractivity contribution in [1.82, 2.24) is 15.3 Å². The van der Waals surface area contributed by atoms with E-state index >= 15 is 0 Å². The Labute approximate surface area is 229 Å². The molecule has 2 amide bonds. The highest BCUT2D eigenvalue weighted by Gasteiger charge is 2.19. The first-order valence-electron chi connectivity index (χ1n) is 12.7. The van der Waals surface area contributed by atoms with Gasteiger partial charge in [0.1, 0.15) is 23.2 Å². The van der Waals surface area contributed by atoms with Crippen LogP contribution in [0.5, 0.6) is 11.5 Å². The molecule has 1 atom stereocenters. The van der Waals surface area contributed by atoms with Crippen LogP contribution in [0.2, 0.25) is 0 Å². The van der Waals surface area contributed by atoms with Gasteiger partial charge < -0.3 is 26.0 Å². The second-order valence-electron chi connectivity index (χ2n) is 9.22. The molecular formula is C29H26F2N6O3. The standard InChI is InChI=1S/C29H26F2N6O3/c30-19-3-5-20(6-4-19)36-29(39)23-2-1-11-34-28(23)35-21-7-8-25(24(31)15-21)40-22-10-13-33-26(16-22)37-27(38)14-18-9-12-32-17-18/h1-8,10-11,13,15-16,18,32H,9,12,14,17H2,(H,34,35)(H,36,39)(H,33,37,38)/t18-/m0/s1. The molecular weight excluding hydrogens is 518 g/mol. The van der Waals surface area contributed by atoms with E-state index in [-0.39, 0.29) is 23.0 Å². The summed E-state index contributed by atoms with van der Waals surface area (Å²) in [5, 5.41) is 11.6. The second-order valence-corrected chi connectivity index (χ2v) is 9.22. The number of amides is 2. The topological polar surface area (TPSA) is 117 Å². The number of aromatic nitrogens is 2. The van der Waals surface area contributed by atoms with Crippen molar-refractivity contribution in [1.29, 1.82) is 0 Å². The highest BCUT2D eigenvalue weighted by atomic mass is 19.1. The normalized spacial score (nSPS) is 14.4. The minimum Gasteiger partial charge on any atom is -0.454 e. The maximum atomic E-state index is 15.0. The van der Waals surface area contributed by atoms with E-state index in [0.717, 1.165) is 19.5 Å². The lowest BCUT2D eigenvalue weighted by atomic mass is 10.0. The van der Waals surface area contributed by atoms with Gasteiger partial charge in [-0.15, -0.1) is 0 Å². The van der Waals surface area contributed by atoms with Crippen LogP contribution in [0, 0.1) is 17.6 Å². The fourth-order valence-electron chi connectivity index (χ4n) is 4.23. The average Bonchev–Trinajstić information content (AvgIpc) is 3.45. The Morgan fingerprint density at radius 2 is 1.77 bits per heavy atom. The van der Waals surface area contributed by atoms with Crippen LogP contribution in [0.3, 0.4) is 0 Å². The molecule has 0 spiro atoms. The number of nitrogens with zero attached hydrogens (tertiary/aromatic N) is 2. The molecule has 9 nitrogen and oxygen atoms in total. The fraction of sp³-hybridized carbons (Fsp3) is 0.172. The predicted octanol–water partition coefficient (Wildman–Crippen LogP) is 5.48. The third-order valence-electron chi connectivity index (χ3n) is 6.21. The SMILES string of the molecule is O=C(C[C@@H]1CCNC1)Nc1cc(Oc2ccc(Nc3ncccc3C(=O)Nc3ccc(F)cc3)cc2F)ccn1. The van der Waals surface area contributed by atoms with Gasteiger partial charge in [-0.1, -0.05) is 0 Å². The summed E-state index contributed by atoms with van der Waals surface area (Å²) >= 11 is 0. The Morgan fingerprint density at radius 3 is 2.55 bits per heavy atom. The minimum atomic E-state index is -0.658. The first kappa shape index (κ1) is 26.7. The van der Waals surface area contributed by atoms with E-state index in [9.17, 15) is 18.4 Å². The number of halogens is 2. The summed E-state index contributed by atoms with van der Waals surface area (Å²) in [4.78, 5) is 33.5. The molecule has 2 aromatic heterocycles. The molecule has 0 aliphatic carbocycles. The van der Waals surface area contributed by atoms with Gasteiger partial charge in [0.05, 0.1) is 5.56 Å². The molecule has 204 valence electrons. The summed E-state index contributed by atoms with van der Waals surface area (Å²) in [6, 6.07) is 15.8. The molecule has 5 rings (SSSR count). The van der Waals surface area contributed by atoms with E-state index in [2.05, 4.69) is 31.2 Å². The molecule has 0 unspecified atom stereocenters. The summed E-state index contributed by atoms with van der Waals surface area (Å²) in [5.74, 6) is -0.602. The molecule has 0 saturated carbocycles. The highest BCUT2D eigenvalue weighted by Crippen LogP contribution is 2.29. The number of anilines is 4. The zero-order chi connectivity index (χ0) is 27.9. The van der Waals surface area contributed by atoms with E-state index in [0.29, 0.717) is 35.3 Å². The third kappa shape index (κ3) is 6.94. The number of hydrogen-bond donors (Lipinski definition) is 4. The number of benzene rings is 2. The average molecular weight is 545 g/mol. The van der Waals surface area contributed by atoms with Gasteiger partial charge in [0.15, 0.2) is 11.6 Å². The van der Waals surface area contributed by atoms with Crippen molar-refractivity contribution >= 4 is 34.8 Å². The Balaban J connectivity index is 1.23. The summed E-state index contributed by atoms with van der Waals surface area (Å²) < 4.78 is 33.8. The maximum absolute atomic E-state index is 15.0. The second kappa shape index (κ2) is 12.3. The summed E-state index contributed by atoms with van der Waals surface area (Å²) in [5.41, 5.74) is 0.963. The van der Waals surface area contributed by atoms with E-state index in [1.54, 1.807) is 24.3 Å². The highest BCUT2D eigenvalue weighted by molar-refractivity contribution is 6.07. The zero-order valence-electron chi connectivity index (χ0n) is 21.3. The van der Waals surface area contributed by atoms with E-state index in [1.165, 1.54) is 54.9 Å². The van der Waals surface area contributed by atoms with Crippen molar-refractivity contribution < 1.29 is 23.1 Å². The van der Waals surface area contributed by atoms with E-state index in [1.807, 2.05) is 0 Å². The van der Waals surface area contributed by atoms with Crippen LogP contribution in [0.25, 0.3) is 0 Å². The first-order chi connectivity index (χ1) is 19.4. The molecule has 1 aliphatic rings. The number of nitrogens with one attached hydrogen (secondary N) is 4. The molecule has 0 bridgehead atoms. The number of carbonyl (C=O) groups excluding carboxylic acids is 2. The molecule has 4 aromatic rings. The Kier molecular flexibility index (Phi) is 8.21. The third-order valence-corrected chi connectivity index (χ3v) is 6.21. The van der Waals surface area contributed by atoms with Crippen molar-refractivity contribution in [2.75, 3.05) is 29.0 Å². The van der Waals surface area contributed by atoms with Gasteiger partial charge in [-0.05, 0) is 80.0 Å². The summed E-state index contributed by atoms with van der Waals surface area (Å²) in [6.07, 6.45) is 4.32. The van der Waals surface area contributed by atoms with Gasteiger partial charge in [-0.2, -0.15) is 0 Å². The molecule has 11 heteroatoms. The van der Waals surface area contributed by atoms with Crippen molar-refractivity contribution in [3.63, 3.8) is 0 Å². The van der Waals surface area contributed by atoms with Gasteiger partial charge in [-0.25, -0.2) is 18.7 Å². The molecule has 4 N–H and O–H groups in total. The molecule has 1 aliphatic heterocycles. The molecule has 3 heterocycles. The lowest BCUT2D eigenvalue weighted by molar-refractivity contribution is -0.117. The van der Waals surface area contributed by atoms with Gasteiger partial charge in [-0.3, -0.25) is 9.59 Å². The first-order valence-corrected chi connectivity index (χ1v) is 12.7. The largest absolute Gasteiger partial charge is 0.454 e. The molecule has 1 fully saturated rings. The van der Waals surface area contributed by atoms with Crippen LogP contribution in [-0.2, 0) is 4.79 Å². The zero-order valence-corrected chi connectivity index (χ0v) is 21.3. The number of hydrogen-bond acceptors (Lipinski definition) is 7. The van der Waals surface area contributed by atoms with Crippen LogP contribution in [0.1, 0.15) is 23.2 Å². The van der Waals surface area contributed by atoms with Gasteiger partial charge in [0.2, 0.25) is 5.91 Å². The van der Waals surface area contributed by atoms with E-state index < -0.39 is 17.5 Å². The Hall–Kier alpha value is -4.90. The lowest BCUT2D eigenvalue weighted by Crippen LogP contribution is -2.18. The van der Waals surface area contributed by atoms with Crippen molar-refractivity contribution in [2.45, 2.75) is 12.8 Å². The van der Waals surface area contributed by atoms with Crippen LogP contribution >= 0.6 is 0 Å². The van der Waals surface area contributed by atoms with Crippen LogP contribution in [-0.4, -0.2) is 34.9 Å². The molecule has 1 saturated heterocycles. The Bertz CT molecular complexity index is 1510. The molecule has 2 aromatic carbocycles. The van der Waals surface area contributed by atoms with Gasteiger partial charge in [0.25, 0.3) is 5.91 Å². The summed E-state index contributed by atoms with van der Waals surface area (Å²) in [6.45, 7) is 1.73. The number of carbonyl (C=O) groups is 2. The molecule has 40 heavy (non-hydrogen) atoms. The Morgan fingerprint density at radius 1 is 0.950 bits per heavy atom. The van der Waals surface area contributed by atoms with Crippen molar-refractivity contribution in [3.8, 4) is 11.5 Å². The van der Waals surface area contributed by atoms with Crippen LogP contribution in [0.15, 0.2) is 79.1 Å². The monoisotopic (exact) mass is 544 g/mol. The number of pyridine rings is 2. The molecule has 0 radical (unpaired) electrons. The smallest absolute Gasteiger partial charge is 0.259 e. The van der Waals surface area contributed by atoms with Gasteiger partial charge >= 0.3 is 0 Å². The fourth-order valence-corrected chi connectivity index (χ4v) is 4.23.